The predicted octanol–water partition coefficient (Wildman–Crippen LogP) is 9.88. The van der Waals surface area contributed by atoms with Crippen molar-refractivity contribution in [3.8, 4) is 0 Å². The van der Waals surface area contributed by atoms with Crippen molar-refractivity contribution in [1.82, 2.24) is 40.8 Å². The molecule has 15 nitrogen and oxygen atoms in total. The van der Waals surface area contributed by atoms with Crippen LogP contribution in [0.1, 0.15) is 92.3 Å². The predicted molar refractivity (Wildman–Crippen MR) is 265 cm³/mol. The summed E-state index contributed by atoms with van der Waals surface area (Å²) >= 11 is 12.7. The van der Waals surface area contributed by atoms with Gasteiger partial charge in [0.1, 0.15) is 10.0 Å². The molecule has 12 rings (SSSR count). The second-order valence-corrected chi connectivity index (χ2v) is 18.3. The van der Waals surface area contributed by atoms with Gasteiger partial charge in [0, 0.05) is 63.5 Å². The van der Waals surface area contributed by atoms with Gasteiger partial charge < -0.3 is 42.1 Å². The molecule has 2 aliphatic carbocycles. The van der Waals surface area contributed by atoms with Crippen LogP contribution in [-0.2, 0) is 4.79 Å². The Hall–Kier alpha value is -7.02. The lowest BCUT2D eigenvalue weighted by molar-refractivity contribution is -0.185. The normalized spacial score (nSPS) is 18.7. The number of para-hydroxylation sites is 2. The van der Waals surface area contributed by atoms with Gasteiger partial charge in [-0.1, -0.05) is 59.6 Å². The van der Waals surface area contributed by atoms with Gasteiger partial charge in [-0.2, -0.15) is 23.1 Å². The van der Waals surface area contributed by atoms with E-state index in [0.29, 0.717) is 63.2 Å². The molecule has 2 aromatic heterocycles. The molecule has 20 heteroatoms. The zero-order valence-corrected chi connectivity index (χ0v) is 39.6. The number of aromatic nitrogens is 4. The Morgan fingerprint density at radius 3 is 1.51 bits per heavy atom. The lowest BCUT2D eigenvalue weighted by Gasteiger charge is -2.27. The molecule has 4 bridgehead atoms. The summed E-state index contributed by atoms with van der Waals surface area (Å²) in [7, 11) is 3.14. The van der Waals surface area contributed by atoms with Crippen LogP contribution in [0.5, 0.6) is 0 Å². The first kappa shape index (κ1) is 48.0. The fraction of sp³-hybridized carbons (Fsp3) is 0.300. The monoisotopic (exact) mass is 992 g/mol. The van der Waals surface area contributed by atoms with Crippen molar-refractivity contribution in [2.75, 3.05) is 61.5 Å². The van der Waals surface area contributed by atoms with Crippen molar-refractivity contribution in [3.05, 3.63) is 141 Å². The molecule has 2 saturated heterocycles. The molecular weight excluding hydrogens is 945 g/mol. The maximum absolute atomic E-state index is 13.1. The van der Waals surface area contributed by atoms with E-state index in [9.17, 15) is 27.6 Å². The number of amides is 3. The number of anilines is 8. The number of rotatable bonds is 10. The fourth-order valence-electron chi connectivity index (χ4n) is 9.76. The Balaban J connectivity index is 0.000000176. The molecule has 7 N–H and O–H groups in total. The van der Waals surface area contributed by atoms with Crippen molar-refractivity contribution in [2.45, 2.75) is 55.5 Å². The van der Waals surface area contributed by atoms with Gasteiger partial charge in [-0.15, -0.1) is 0 Å². The molecule has 6 heterocycles. The minimum absolute atomic E-state index is 0.0293. The van der Waals surface area contributed by atoms with E-state index in [4.69, 9.17) is 23.2 Å². The molecule has 0 spiro atoms. The van der Waals surface area contributed by atoms with E-state index >= 15 is 0 Å². The van der Waals surface area contributed by atoms with E-state index < -0.39 is 12.1 Å². The number of carbonyl (C=O) groups excluding carboxylic acids is 3. The van der Waals surface area contributed by atoms with Gasteiger partial charge in [-0.25, -0.2) is 9.97 Å². The maximum atomic E-state index is 13.1. The van der Waals surface area contributed by atoms with Crippen LogP contribution in [0, 0.1) is 0 Å². The van der Waals surface area contributed by atoms with Crippen LogP contribution in [0.3, 0.4) is 0 Å². The highest BCUT2D eigenvalue weighted by atomic mass is 35.5. The Morgan fingerprint density at radius 2 is 1.03 bits per heavy atom. The second-order valence-electron chi connectivity index (χ2n) is 17.5. The molecule has 362 valence electrons. The van der Waals surface area contributed by atoms with E-state index in [2.05, 4.69) is 75.4 Å². The quantitative estimate of drug-likeness (QED) is 0.0689. The third-order valence-corrected chi connectivity index (χ3v) is 13.7. The third kappa shape index (κ3) is 10.4. The first-order valence-corrected chi connectivity index (χ1v) is 23.6. The van der Waals surface area contributed by atoms with Gasteiger partial charge in [-0.3, -0.25) is 14.4 Å². The minimum Gasteiger partial charge on any atom is -0.355 e. The van der Waals surface area contributed by atoms with Crippen molar-refractivity contribution in [2.24, 2.45) is 0 Å². The van der Waals surface area contributed by atoms with Crippen molar-refractivity contribution < 1.29 is 27.6 Å². The second kappa shape index (κ2) is 20.5. The van der Waals surface area contributed by atoms with Gasteiger partial charge in [-0.05, 0) is 108 Å². The molecule has 2 fully saturated rings. The summed E-state index contributed by atoms with van der Waals surface area (Å²) in [6.07, 6.45) is 2.01. The summed E-state index contributed by atoms with van der Waals surface area (Å²) in [6, 6.07) is 26.3. The van der Waals surface area contributed by atoms with Gasteiger partial charge in [0.15, 0.2) is 11.6 Å². The minimum atomic E-state index is -4.89. The van der Waals surface area contributed by atoms with Crippen LogP contribution >= 0.6 is 23.2 Å². The summed E-state index contributed by atoms with van der Waals surface area (Å²) in [4.78, 5) is 54.9. The zero-order chi connectivity index (χ0) is 49.1. The lowest BCUT2D eigenvalue weighted by Crippen LogP contribution is -2.42. The molecule has 4 unspecified atom stereocenters. The Bertz CT molecular complexity index is 2960. The largest absolute Gasteiger partial charge is 0.471 e. The van der Waals surface area contributed by atoms with Crippen LogP contribution in [0.25, 0.3) is 0 Å². The number of alkyl halides is 3. The third-order valence-electron chi connectivity index (χ3n) is 13.2. The van der Waals surface area contributed by atoms with Crippen LogP contribution in [-0.4, -0.2) is 89.0 Å². The molecule has 0 radical (unpaired) electrons. The van der Waals surface area contributed by atoms with E-state index in [0.717, 1.165) is 41.2 Å². The average molecular weight is 994 g/mol. The number of nitrogens with one attached hydrogen (secondary N) is 7. The smallest absolute Gasteiger partial charge is 0.355 e. The Kier molecular flexibility index (Phi) is 14.1. The number of hydrogen-bond acceptors (Lipinski definition) is 12. The number of nitrogens with zero attached hydrogens (tertiary/aromatic N) is 5. The Morgan fingerprint density at radius 1 is 0.600 bits per heavy atom. The maximum Gasteiger partial charge on any atom is 0.471 e. The number of halogens is 5. The number of hydrogen-bond donors (Lipinski definition) is 7. The molecule has 3 amide bonds. The van der Waals surface area contributed by atoms with Crippen LogP contribution in [0.4, 0.5) is 59.5 Å². The van der Waals surface area contributed by atoms with Gasteiger partial charge in [0.05, 0.1) is 34.9 Å². The topological polar surface area (TPSA) is 190 Å². The summed E-state index contributed by atoms with van der Waals surface area (Å²) in [6.45, 7) is 2.18. The number of carbonyl (C=O) groups is 3. The van der Waals surface area contributed by atoms with Gasteiger partial charge >= 0.3 is 12.1 Å². The van der Waals surface area contributed by atoms with Gasteiger partial charge in [0.2, 0.25) is 11.9 Å². The standard InChI is InChI=1S/C26H24ClF3N6O2.C24H25ClN6O/c1-31-23(37)18-4-2-3-5-21(18)34-22-20(27)11-32-25(35-22)33-16-8-9-17-14-6-7-15(19(17)10-16)13-36(12-14)24(38)26(28,29)30;1-26-23(32)18-4-2-3-5-21(18)30-22-20(25)13-28-24(31-22)29-16-8-9-17-14-6-7-15(12-27-11-14)19(17)10-16/h2-5,8-11,14-15H,6-7,12-13H2,1H3,(H,31,37)(H2,32,33,34,35);2-5,8-10,13-15,27H,6-7,11-12H2,1H3,(H,26,32)(H2,28,29,30,31). The summed E-state index contributed by atoms with van der Waals surface area (Å²) in [5.41, 5.74) is 8.44. The van der Waals surface area contributed by atoms with Crippen LogP contribution in [0.15, 0.2) is 97.3 Å². The van der Waals surface area contributed by atoms with E-state index in [1.165, 1.54) is 37.2 Å². The fourth-order valence-corrected chi connectivity index (χ4v) is 10.0. The first-order chi connectivity index (χ1) is 33.8. The highest BCUT2D eigenvalue weighted by Gasteiger charge is 2.46. The van der Waals surface area contributed by atoms with Crippen molar-refractivity contribution in [1.29, 1.82) is 0 Å². The van der Waals surface area contributed by atoms with Crippen molar-refractivity contribution >= 4 is 87.2 Å². The van der Waals surface area contributed by atoms with Crippen molar-refractivity contribution in [3.63, 3.8) is 0 Å². The highest BCUT2D eigenvalue weighted by Crippen LogP contribution is 2.45. The molecular formula is C50H49Cl2F3N12O3. The highest BCUT2D eigenvalue weighted by molar-refractivity contribution is 6.33. The molecule has 0 saturated carbocycles. The summed E-state index contributed by atoms with van der Waals surface area (Å²) in [5.74, 6) is -0.0449. The SMILES string of the molecule is CNC(=O)c1ccccc1Nc1nc(Nc2ccc3c(c2)C2CCC3CN(C(=O)C(F)(F)F)C2)ncc1Cl.CNC(=O)c1ccccc1Nc1nc(Nc2ccc3c(c2)C2CCC3CNC2)ncc1Cl. The molecule has 4 atom stereocenters. The molecule has 4 aliphatic heterocycles. The van der Waals surface area contributed by atoms with E-state index in [1.54, 1.807) is 43.6 Å². The molecule has 4 aromatic carbocycles. The number of fused-ring (bicyclic) bond motifs is 6. The van der Waals surface area contributed by atoms with E-state index in [-0.39, 0.29) is 53.5 Å². The first-order valence-electron chi connectivity index (χ1n) is 22.9. The van der Waals surface area contributed by atoms with Gasteiger partial charge in [0.25, 0.3) is 11.8 Å². The molecule has 6 aromatic rings. The molecule has 70 heavy (non-hydrogen) atoms. The summed E-state index contributed by atoms with van der Waals surface area (Å²) < 4.78 is 39.3. The molecule has 6 aliphatic rings. The Labute approximate surface area is 411 Å². The average Bonchev–Trinajstić information content (AvgIpc) is 3.87. The lowest BCUT2D eigenvalue weighted by atomic mass is 9.78. The summed E-state index contributed by atoms with van der Waals surface area (Å²) in [5, 5.41) is 22.1. The number of benzene rings is 4. The van der Waals surface area contributed by atoms with Crippen LogP contribution in [0.2, 0.25) is 10.0 Å². The van der Waals surface area contributed by atoms with Crippen LogP contribution < -0.4 is 37.2 Å². The zero-order valence-electron chi connectivity index (χ0n) is 38.1. The van der Waals surface area contributed by atoms with E-state index in [1.807, 2.05) is 36.4 Å².